The molecule has 0 amide bonds. The number of anilines is 1. The van der Waals surface area contributed by atoms with E-state index >= 15 is 0 Å². The summed E-state index contributed by atoms with van der Waals surface area (Å²) in [7, 11) is 1.61. The number of methoxy groups -OCH3 is 2. The average molecular weight is 419 g/mol. The highest BCUT2D eigenvalue weighted by Gasteiger charge is 2.22. The van der Waals surface area contributed by atoms with E-state index in [-0.39, 0.29) is 0 Å². The molecule has 4 aromatic rings. The van der Waals surface area contributed by atoms with E-state index in [0.29, 0.717) is 22.9 Å². The van der Waals surface area contributed by atoms with Gasteiger partial charge in [-0.15, -0.1) is 0 Å². The molecule has 0 saturated carbocycles. The molecule has 30 heavy (non-hydrogen) atoms. The fraction of sp³-hybridized carbons (Fsp3) is 0.125. The van der Waals surface area contributed by atoms with Crippen LogP contribution in [0.1, 0.15) is 5.56 Å². The Hall–Kier alpha value is -3.38. The first-order chi connectivity index (χ1) is 14.7. The SMILES string of the molecule is COc1ccc(OC)c(S(=O)N(Cc2ccccc2)c2cnc3ccccc3c2)c1. The summed E-state index contributed by atoms with van der Waals surface area (Å²) in [5.74, 6) is 1.16. The normalized spacial score (nSPS) is 11.8. The highest BCUT2D eigenvalue weighted by atomic mass is 32.2. The summed E-state index contributed by atoms with van der Waals surface area (Å²) in [6, 6.07) is 25.2. The highest BCUT2D eigenvalue weighted by molar-refractivity contribution is 7.86. The fourth-order valence-corrected chi connectivity index (χ4v) is 4.57. The van der Waals surface area contributed by atoms with Crippen molar-refractivity contribution >= 4 is 27.6 Å². The molecule has 152 valence electrons. The van der Waals surface area contributed by atoms with Crippen molar-refractivity contribution in [2.24, 2.45) is 0 Å². The zero-order valence-electron chi connectivity index (χ0n) is 16.8. The first-order valence-corrected chi connectivity index (χ1v) is 10.6. The summed E-state index contributed by atoms with van der Waals surface area (Å²) in [6.07, 6.45) is 1.76. The van der Waals surface area contributed by atoms with Crippen LogP contribution in [-0.2, 0) is 17.5 Å². The van der Waals surface area contributed by atoms with Gasteiger partial charge in [0, 0.05) is 11.5 Å². The van der Waals surface area contributed by atoms with Crippen LogP contribution in [0.3, 0.4) is 0 Å². The van der Waals surface area contributed by atoms with E-state index in [9.17, 15) is 4.21 Å². The molecule has 1 unspecified atom stereocenters. The molecule has 0 aliphatic rings. The number of hydrogen-bond donors (Lipinski definition) is 0. The summed E-state index contributed by atoms with van der Waals surface area (Å²) >= 11 is 0. The number of aromatic nitrogens is 1. The smallest absolute Gasteiger partial charge is 0.157 e. The van der Waals surface area contributed by atoms with Crippen LogP contribution in [0, 0.1) is 0 Å². The zero-order valence-corrected chi connectivity index (χ0v) is 17.6. The molecule has 0 spiro atoms. The molecule has 5 nitrogen and oxygen atoms in total. The molecule has 4 rings (SSSR count). The lowest BCUT2D eigenvalue weighted by Crippen LogP contribution is -2.26. The van der Waals surface area contributed by atoms with Crippen molar-refractivity contribution in [1.82, 2.24) is 4.98 Å². The minimum absolute atomic E-state index is 0.452. The molecule has 0 saturated heterocycles. The van der Waals surface area contributed by atoms with Crippen molar-refractivity contribution in [2.45, 2.75) is 11.4 Å². The summed E-state index contributed by atoms with van der Waals surface area (Å²) in [5.41, 5.74) is 2.70. The first-order valence-electron chi connectivity index (χ1n) is 9.50. The number of hydrogen-bond acceptors (Lipinski definition) is 4. The lowest BCUT2D eigenvalue weighted by atomic mass is 10.2. The number of pyridine rings is 1. The number of benzene rings is 3. The summed E-state index contributed by atoms with van der Waals surface area (Å²) in [5, 5.41) is 0.989. The molecule has 0 N–H and O–H groups in total. The molecule has 1 atom stereocenters. The van der Waals surface area contributed by atoms with Crippen LogP contribution in [-0.4, -0.2) is 23.4 Å². The lowest BCUT2D eigenvalue weighted by Gasteiger charge is -2.25. The molecule has 3 aromatic carbocycles. The second-order valence-electron chi connectivity index (χ2n) is 6.67. The molecule has 0 radical (unpaired) electrons. The number of ether oxygens (including phenoxy) is 2. The standard InChI is InChI=1S/C24H22N2O3S/c1-28-21-12-13-23(29-2)24(15-21)30(27)26(17-18-8-4-3-5-9-18)20-14-19-10-6-7-11-22(19)25-16-20/h3-16H,17H2,1-2H3. The van der Waals surface area contributed by atoms with Gasteiger partial charge in [-0.1, -0.05) is 48.5 Å². The van der Waals surface area contributed by atoms with Crippen molar-refractivity contribution in [1.29, 1.82) is 0 Å². The average Bonchev–Trinajstić information content (AvgIpc) is 2.82. The summed E-state index contributed by atoms with van der Waals surface area (Å²) < 4.78 is 26.5. The number of fused-ring (bicyclic) bond motifs is 1. The quantitative estimate of drug-likeness (QED) is 0.425. The third-order valence-electron chi connectivity index (χ3n) is 4.79. The van der Waals surface area contributed by atoms with E-state index in [1.165, 1.54) is 0 Å². The summed E-state index contributed by atoms with van der Waals surface area (Å²) in [6.45, 7) is 0.452. The van der Waals surface area contributed by atoms with Crippen LogP contribution in [0.4, 0.5) is 5.69 Å². The predicted molar refractivity (Wildman–Crippen MR) is 120 cm³/mol. The van der Waals surface area contributed by atoms with Crippen LogP contribution < -0.4 is 13.8 Å². The van der Waals surface area contributed by atoms with Gasteiger partial charge < -0.3 is 9.47 Å². The van der Waals surface area contributed by atoms with E-state index in [2.05, 4.69) is 4.98 Å². The highest BCUT2D eigenvalue weighted by Crippen LogP contribution is 2.32. The van der Waals surface area contributed by atoms with Gasteiger partial charge in [-0.25, -0.2) is 4.21 Å². The van der Waals surface area contributed by atoms with Gasteiger partial charge in [-0.05, 0) is 29.8 Å². The maximum atomic E-state index is 13.8. The maximum Gasteiger partial charge on any atom is 0.157 e. The molecule has 0 aliphatic heterocycles. The van der Waals surface area contributed by atoms with E-state index in [1.54, 1.807) is 38.6 Å². The molecule has 0 fully saturated rings. The summed E-state index contributed by atoms with van der Waals surface area (Å²) in [4.78, 5) is 5.11. The number of para-hydroxylation sites is 1. The molecule has 0 bridgehead atoms. The van der Waals surface area contributed by atoms with Gasteiger partial charge in [-0.3, -0.25) is 9.29 Å². The third-order valence-corrected chi connectivity index (χ3v) is 6.23. The Morgan fingerprint density at radius 2 is 1.67 bits per heavy atom. The molecule has 0 aliphatic carbocycles. The Kier molecular flexibility index (Phi) is 5.95. The monoisotopic (exact) mass is 418 g/mol. The Balaban J connectivity index is 1.81. The predicted octanol–water partition coefficient (Wildman–Crippen LogP) is 4.98. The van der Waals surface area contributed by atoms with Crippen LogP contribution in [0.15, 0.2) is 90.0 Å². The number of rotatable bonds is 7. The van der Waals surface area contributed by atoms with Crippen LogP contribution >= 0.6 is 0 Å². The van der Waals surface area contributed by atoms with E-state index < -0.39 is 11.0 Å². The van der Waals surface area contributed by atoms with Gasteiger partial charge in [0.05, 0.1) is 38.2 Å². The van der Waals surface area contributed by atoms with E-state index in [1.807, 2.05) is 65.0 Å². The molecule has 1 aromatic heterocycles. The van der Waals surface area contributed by atoms with Crippen molar-refractivity contribution in [2.75, 3.05) is 18.5 Å². The van der Waals surface area contributed by atoms with Crippen molar-refractivity contribution in [3.05, 3.63) is 90.6 Å². The topological polar surface area (TPSA) is 51.7 Å². The van der Waals surface area contributed by atoms with Crippen molar-refractivity contribution < 1.29 is 13.7 Å². The number of nitrogens with zero attached hydrogens (tertiary/aromatic N) is 2. The lowest BCUT2D eigenvalue weighted by molar-refractivity contribution is 0.393. The van der Waals surface area contributed by atoms with Crippen LogP contribution in [0.5, 0.6) is 11.5 Å². The molecular weight excluding hydrogens is 396 g/mol. The van der Waals surface area contributed by atoms with Crippen molar-refractivity contribution in [3.63, 3.8) is 0 Å². The van der Waals surface area contributed by atoms with Crippen molar-refractivity contribution in [3.8, 4) is 11.5 Å². The van der Waals surface area contributed by atoms with Gasteiger partial charge in [-0.2, -0.15) is 0 Å². The Morgan fingerprint density at radius 1 is 0.900 bits per heavy atom. The molecule has 1 heterocycles. The van der Waals surface area contributed by atoms with E-state index in [0.717, 1.165) is 22.2 Å². The maximum absolute atomic E-state index is 13.8. The Morgan fingerprint density at radius 3 is 2.43 bits per heavy atom. The minimum atomic E-state index is -1.55. The molecular formula is C24H22N2O3S. The van der Waals surface area contributed by atoms with E-state index in [4.69, 9.17) is 9.47 Å². The van der Waals surface area contributed by atoms with Crippen LogP contribution in [0.2, 0.25) is 0 Å². The van der Waals surface area contributed by atoms with Crippen LogP contribution in [0.25, 0.3) is 10.9 Å². The minimum Gasteiger partial charge on any atom is -0.497 e. The van der Waals surface area contributed by atoms with Gasteiger partial charge in [0.15, 0.2) is 11.0 Å². The van der Waals surface area contributed by atoms with Gasteiger partial charge in [0.25, 0.3) is 0 Å². The second kappa shape index (κ2) is 8.97. The molecule has 6 heteroatoms. The van der Waals surface area contributed by atoms with Gasteiger partial charge in [0.1, 0.15) is 16.4 Å². The van der Waals surface area contributed by atoms with Gasteiger partial charge >= 0.3 is 0 Å². The van der Waals surface area contributed by atoms with Gasteiger partial charge in [0.2, 0.25) is 0 Å². The first kappa shape index (κ1) is 19.9. The Labute approximate surface area is 178 Å². The largest absolute Gasteiger partial charge is 0.497 e. The Bertz CT molecular complexity index is 1180. The fourth-order valence-electron chi connectivity index (χ4n) is 3.23. The second-order valence-corrected chi connectivity index (χ2v) is 8.05. The zero-order chi connectivity index (χ0) is 20.9. The third kappa shape index (κ3) is 4.14.